The van der Waals surface area contributed by atoms with Crippen molar-refractivity contribution in [1.82, 2.24) is 15.5 Å². The van der Waals surface area contributed by atoms with E-state index in [0.717, 1.165) is 26.2 Å². The molecule has 2 rings (SSSR count). The molecule has 0 aromatic heterocycles. The molecule has 1 atom stereocenters. The predicted molar refractivity (Wildman–Crippen MR) is 86.2 cm³/mol. The van der Waals surface area contributed by atoms with Crippen LogP contribution in [0.25, 0.3) is 0 Å². The van der Waals surface area contributed by atoms with Gasteiger partial charge in [-0.1, -0.05) is 37.3 Å². The van der Waals surface area contributed by atoms with E-state index < -0.39 is 0 Å². The molecule has 21 heavy (non-hydrogen) atoms. The Balaban J connectivity index is 1.89. The van der Waals surface area contributed by atoms with Crippen molar-refractivity contribution in [2.45, 2.75) is 32.2 Å². The molecule has 1 fully saturated rings. The van der Waals surface area contributed by atoms with Gasteiger partial charge in [0.05, 0.1) is 6.04 Å². The molecule has 1 unspecified atom stereocenters. The summed E-state index contributed by atoms with van der Waals surface area (Å²) < 4.78 is 0. The van der Waals surface area contributed by atoms with E-state index in [9.17, 15) is 4.79 Å². The molecule has 116 valence electrons. The summed E-state index contributed by atoms with van der Waals surface area (Å²) in [7, 11) is 0. The van der Waals surface area contributed by atoms with Gasteiger partial charge in [-0.3, -0.25) is 9.69 Å². The number of carbonyl (C=O) groups is 1. The van der Waals surface area contributed by atoms with E-state index in [1.54, 1.807) is 0 Å². The Morgan fingerprint density at radius 2 is 1.95 bits per heavy atom. The van der Waals surface area contributed by atoms with Crippen molar-refractivity contribution in [1.29, 1.82) is 0 Å². The van der Waals surface area contributed by atoms with Crippen LogP contribution in [0.15, 0.2) is 30.3 Å². The van der Waals surface area contributed by atoms with Crippen molar-refractivity contribution in [3.05, 3.63) is 35.9 Å². The minimum atomic E-state index is 0.135. The maximum absolute atomic E-state index is 11.9. The van der Waals surface area contributed by atoms with Crippen molar-refractivity contribution in [3.8, 4) is 0 Å². The third-order valence-electron chi connectivity index (χ3n) is 4.04. The van der Waals surface area contributed by atoms with Gasteiger partial charge in [0.25, 0.3) is 0 Å². The molecule has 0 bridgehead atoms. The van der Waals surface area contributed by atoms with Crippen LogP contribution in [-0.4, -0.2) is 43.5 Å². The first-order valence-corrected chi connectivity index (χ1v) is 8.07. The molecular weight excluding hydrogens is 262 g/mol. The Morgan fingerprint density at radius 1 is 1.24 bits per heavy atom. The molecule has 4 heteroatoms. The van der Waals surface area contributed by atoms with Crippen LogP contribution in [0.2, 0.25) is 0 Å². The van der Waals surface area contributed by atoms with Crippen molar-refractivity contribution in [2.75, 3.05) is 32.7 Å². The van der Waals surface area contributed by atoms with Crippen molar-refractivity contribution in [2.24, 2.45) is 0 Å². The minimum absolute atomic E-state index is 0.135. The maximum atomic E-state index is 11.9. The molecule has 0 radical (unpaired) electrons. The number of hydrogen-bond acceptors (Lipinski definition) is 3. The summed E-state index contributed by atoms with van der Waals surface area (Å²) in [5, 5.41) is 6.28. The van der Waals surface area contributed by atoms with Gasteiger partial charge >= 0.3 is 0 Å². The number of hydrogen-bond donors (Lipinski definition) is 2. The largest absolute Gasteiger partial charge is 0.354 e. The third kappa shape index (κ3) is 5.14. The van der Waals surface area contributed by atoms with Gasteiger partial charge in [0.15, 0.2) is 0 Å². The lowest BCUT2D eigenvalue weighted by Gasteiger charge is -2.28. The van der Waals surface area contributed by atoms with E-state index >= 15 is 0 Å². The molecule has 1 amide bonds. The van der Waals surface area contributed by atoms with Crippen LogP contribution < -0.4 is 10.6 Å². The van der Waals surface area contributed by atoms with E-state index in [-0.39, 0.29) is 5.91 Å². The predicted octanol–water partition coefficient (Wildman–Crippen LogP) is 1.94. The molecule has 1 aliphatic heterocycles. The lowest BCUT2D eigenvalue weighted by molar-refractivity contribution is -0.121. The molecule has 2 N–H and O–H groups in total. The molecule has 0 spiro atoms. The number of rotatable bonds is 8. The average Bonchev–Trinajstić information content (AvgIpc) is 3.03. The maximum Gasteiger partial charge on any atom is 0.221 e. The summed E-state index contributed by atoms with van der Waals surface area (Å²) in [4.78, 5) is 14.4. The van der Waals surface area contributed by atoms with E-state index in [1.165, 1.54) is 18.4 Å². The van der Waals surface area contributed by atoms with Crippen molar-refractivity contribution in [3.63, 3.8) is 0 Å². The Kier molecular flexibility index (Phi) is 6.70. The fraction of sp³-hybridized carbons (Fsp3) is 0.588. The second-order valence-electron chi connectivity index (χ2n) is 5.58. The number of nitrogens with zero attached hydrogens (tertiary/aromatic N) is 1. The van der Waals surface area contributed by atoms with E-state index in [0.29, 0.717) is 19.0 Å². The molecule has 1 aromatic rings. The molecule has 1 saturated heterocycles. The number of amides is 1. The second kappa shape index (κ2) is 8.80. The van der Waals surface area contributed by atoms with Crippen molar-refractivity contribution >= 4 is 5.91 Å². The van der Waals surface area contributed by atoms with Gasteiger partial charge in [-0.25, -0.2) is 0 Å². The minimum Gasteiger partial charge on any atom is -0.354 e. The Hall–Kier alpha value is -1.39. The van der Waals surface area contributed by atoms with Gasteiger partial charge in [-0.2, -0.15) is 0 Å². The first-order valence-electron chi connectivity index (χ1n) is 8.07. The van der Waals surface area contributed by atoms with Crippen LogP contribution in [0.3, 0.4) is 0 Å². The summed E-state index contributed by atoms with van der Waals surface area (Å²) in [5.41, 5.74) is 1.30. The number of nitrogens with one attached hydrogen (secondary N) is 2. The highest BCUT2D eigenvalue weighted by Gasteiger charge is 2.23. The van der Waals surface area contributed by atoms with Crippen LogP contribution in [0, 0.1) is 0 Å². The first kappa shape index (κ1) is 16.0. The second-order valence-corrected chi connectivity index (χ2v) is 5.58. The first-order chi connectivity index (χ1) is 10.3. The van der Waals surface area contributed by atoms with Crippen LogP contribution in [0.4, 0.5) is 0 Å². The molecule has 1 heterocycles. The van der Waals surface area contributed by atoms with Crippen LogP contribution >= 0.6 is 0 Å². The van der Waals surface area contributed by atoms with Gasteiger partial charge in [-0.05, 0) is 38.0 Å². The number of benzene rings is 1. The van der Waals surface area contributed by atoms with Crippen LogP contribution in [-0.2, 0) is 4.79 Å². The normalized spacial score (nSPS) is 16.8. The highest BCUT2D eigenvalue weighted by atomic mass is 16.1. The zero-order valence-corrected chi connectivity index (χ0v) is 13.0. The molecular formula is C17H27N3O. The van der Waals surface area contributed by atoms with Gasteiger partial charge in [-0.15, -0.1) is 0 Å². The highest BCUT2D eigenvalue weighted by Crippen LogP contribution is 2.24. The summed E-state index contributed by atoms with van der Waals surface area (Å²) in [6.45, 7) is 6.68. The topological polar surface area (TPSA) is 44.4 Å². The Morgan fingerprint density at radius 3 is 2.62 bits per heavy atom. The summed E-state index contributed by atoms with van der Waals surface area (Å²) in [6.07, 6.45) is 3.07. The molecule has 0 aliphatic carbocycles. The molecule has 1 aromatic carbocycles. The zero-order valence-electron chi connectivity index (χ0n) is 13.0. The SMILES string of the molecule is CCNCCC(=O)NCC(c1ccccc1)N1CCCC1. The fourth-order valence-electron chi connectivity index (χ4n) is 2.86. The van der Waals surface area contributed by atoms with Gasteiger partial charge in [0.1, 0.15) is 0 Å². The van der Waals surface area contributed by atoms with Gasteiger partial charge < -0.3 is 10.6 Å². The average molecular weight is 289 g/mol. The zero-order chi connectivity index (χ0) is 14.9. The standard InChI is InChI=1S/C17H27N3O/c1-2-18-11-10-17(21)19-14-16(20-12-6-7-13-20)15-8-4-3-5-9-15/h3-5,8-9,16,18H,2,6-7,10-14H2,1H3,(H,19,21). The fourth-order valence-corrected chi connectivity index (χ4v) is 2.86. The molecule has 0 saturated carbocycles. The summed E-state index contributed by atoms with van der Waals surface area (Å²) >= 11 is 0. The van der Waals surface area contributed by atoms with E-state index in [1.807, 2.05) is 6.07 Å². The molecule has 4 nitrogen and oxygen atoms in total. The van der Waals surface area contributed by atoms with Crippen LogP contribution in [0.1, 0.15) is 37.8 Å². The van der Waals surface area contributed by atoms with Gasteiger partial charge in [0.2, 0.25) is 5.91 Å². The lowest BCUT2D eigenvalue weighted by Crippen LogP contribution is -2.37. The summed E-state index contributed by atoms with van der Waals surface area (Å²) in [6, 6.07) is 10.8. The smallest absolute Gasteiger partial charge is 0.221 e. The Labute approximate surface area is 127 Å². The number of likely N-dealkylation sites (tertiary alicyclic amines) is 1. The van der Waals surface area contributed by atoms with Gasteiger partial charge in [0, 0.05) is 19.5 Å². The number of carbonyl (C=O) groups excluding carboxylic acids is 1. The van der Waals surface area contributed by atoms with E-state index in [4.69, 9.17) is 0 Å². The summed E-state index contributed by atoms with van der Waals surface area (Å²) in [5.74, 6) is 0.135. The third-order valence-corrected chi connectivity index (χ3v) is 4.04. The quantitative estimate of drug-likeness (QED) is 0.719. The van der Waals surface area contributed by atoms with Crippen molar-refractivity contribution < 1.29 is 4.79 Å². The van der Waals surface area contributed by atoms with E-state index in [2.05, 4.69) is 46.7 Å². The van der Waals surface area contributed by atoms with Crippen LogP contribution in [0.5, 0.6) is 0 Å². The molecule has 1 aliphatic rings. The Bertz CT molecular complexity index is 415. The monoisotopic (exact) mass is 289 g/mol. The lowest BCUT2D eigenvalue weighted by atomic mass is 10.1. The highest BCUT2D eigenvalue weighted by molar-refractivity contribution is 5.76.